The summed E-state index contributed by atoms with van der Waals surface area (Å²) in [5.74, 6) is 0.811. The van der Waals surface area contributed by atoms with Gasteiger partial charge in [-0.05, 0) is 64.4 Å². The Morgan fingerprint density at radius 1 is 0.976 bits per heavy atom. The normalized spacial score (nSPS) is 18.2. The Balaban J connectivity index is 1.62. The largest absolute Gasteiger partial charge is 0.463 e. The van der Waals surface area contributed by atoms with E-state index in [0.717, 1.165) is 0 Å². The molecule has 2 aliphatic rings. The third kappa shape index (κ3) is 7.58. The van der Waals surface area contributed by atoms with Crippen molar-refractivity contribution in [1.29, 1.82) is 0 Å². The average Bonchev–Trinajstić information content (AvgIpc) is 2.93. The van der Waals surface area contributed by atoms with Gasteiger partial charge >= 0.3 is 18.0 Å². The third-order valence-electron chi connectivity index (χ3n) is 6.94. The van der Waals surface area contributed by atoms with Crippen LogP contribution in [0.3, 0.4) is 0 Å². The molecule has 0 aliphatic carbocycles. The number of likely N-dealkylation sites (N-methyl/N-ethyl adjacent to an activating group) is 1. The van der Waals surface area contributed by atoms with Crippen molar-refractivity contribution >= 4 is 18.0 Å². The molecule has 2 aromatic carbocycles. The number of benzene rings is 2. The molecule has 1 fully saturated rings. The molecular weight excluding hydrogens is 522 g/mol. The molecule has 0 saturated carbocycles. The van der Waals surface area contributed by atoms with Gasteiger partial charge in [-0.25, -0.2) is 14.4 Å². The van der Waals surface area contributed by atoms with Crippen LogP contribution in [0.15, 0.2) is 65.9 Å². The highest BCUT2D eigenvalue weighted by molar-refractivity contribution is 5.95. The van der Waals surface area contributed by atoms with Crippen molar-refractivity contribution in [2.75, 3.05) is 45.9 Å². The van der Waals surface area contributed by atoms with Gasteiger partial charge in [-0.15, -0.1) is 0 Å². The molecule has 220 valence electrons. The van der Waals surface area contributed by atoms with Gasteiger partial charge in [0.15, 0.2) is 0 Å². The van der Waals surface area contributed by atoms with Crippen molar-refractivity contribution < 1.29 is 23.9 Å². The lowest BCUT2D eigenvalue weighted by Crippen LogP contribution is -2.56. The van der Waals surface area contributed by atoms with Gasteiger partial charge in [-0.3, -0.25) is 9.80 Å². The van der Waals surface area contributed by atoms with Crippen molar-refractivity contribution in [3.63, 3.8) is 0 Å². The lowest BCUT2D eigenvalue weighted by Gasteiger charge is -2.40. The molecule has 10 heteroatoms. The fourth-order valence-corrected chi connectivity index (χ4v) is 5.01. The van der Waals surface area contributed by atoms with Gasteiger partial charge in [0, 0.05) is 50.5 Å². The summed E-state index contributed by atoms with van der Waals surface area (Å²) in [6, 6.07) is 15.7. The van der Waals surface area contributed by atoms with Crippen molar-refractivity contribution in [3.05, 3.63) is 71.4 Å². The number of piperazine rings is 1. The topological polar surface area (TPSA) is 103 Å². The molecule has 0 spiro atoms. The Kier molecular flexibility index (Phi) is 9.54. The molecule has 0 aromatic heterocycles. The van der Waals surface area contributed by atoms with Crippen LogP contribution in [0, 0.1) is 0 Å². The monoisotopic (exact) mass is 563 g/mol. The standard InChI is InChI=1S/C31H41N5O5/c1-6-36-25(21-34-16-18-35(19-17-34)30(39)33-31(3,4)5)26(28(37)40-7-2)27(32-29(36)38)22-12-11-15-24(20-22)41-23-13-9-8-10-14-23/h8-15,20,27H,6-7,16-19,21H2,1-5H3,(H,32,38)(H,33,39)/t27-/m1/s1. The highest BCUT2D eigenvalue weighted by atomic mass is 16.5. The van der Waals surface area contributed by atoms with E-state index in [1.165, 1.54) is 0 Å². The lowest BCUT2D eigenvalue weighted by molar-refractivity contribution is -0.139. The van der Waals surface area contributed by atoms with Crippen molar-refractivity contribution in [1.82, 2.24) is 25.3 Å². The first-order valence-electron chi connectivity index (χ1n) is 14.2. The van der Waals surface area contributed by atoms with Crippen LogP contribution in [0.1, 0.15) is 46.2 Å². The quantitative estimate of drug-likeness (QED) is 0.458. The maximum atomic E-state index is 13.5. The summed E-state index contributed by atoms with van der Waals surface area (Å²) < 4.78 is 11.5. The molecule has 0 bridgehead atoms. The van der Waals surface area contributed by atoms with E-state index in [1.54, 1.807) is 16.7 Å². The number of carbonyl (C=O) groups is 3. The van der Waals surface area contributed by atoms with E-state index >= 15 is 0 Å². The predicted molar refractivity (Wildman–Crippen MR) is 157 cm³/mol. The van der Waals surface area contributed by atoms with Gasteiger partial charge in [0.05, 0.1) is 18.2 Å². The highest BCUT2D eigenvalue weighted by Crippen LogP contribution is 2.34. The SMILES string of the molecule is CCOC(=O)C1=C(CN2CCN(C(=O)NC(C)(C)C)CC2)N(CC)C(=O)N[C@@H]1c1cccc(Oc2ccccc2)c1. The maximum absolute atomic E-state index is 13.5. The van der Waals surface area contributed by atoms with E-state index in [0.29, 0.717) is 67.6 Å². The summed E-state index contributed by atoms with van der Waals surface area (Å²) in [6.07, 6.45) is 0. The smallest absolute Gasteiger partial charge is 0.338 e. The Labute approximate surface area is 242 Å². The molecular formula is C31H41N5O5. The molecule has 0 unspecified atom stereocenters. The van der Waals surface area contributed by atoms with Crippen LogP contribution < -0.4 is 15.4 Å². The third-order valence-corrected chi connectivity index (χ3v) is 6.94. The number of carbonyl (C=O) groups excluding carboxylic acids is 3. The number of hydrogen-bond acceptors (Lipinski definition) is 6. The second-order valence-corrected chi connectivity index (χ2v) is 11.1. The van der Waals surface area contributed by atoms with Crippen LogP contribution in [0.5, 0.6) is 11.5 Å². The van der Waals surface area contributed by atoms with Gasteiger partial charge < -0.3 is 25.0 Å². The molecule has 0 radical (unpaired) electrons. The minimum absolute atomic E-state index is 0.0894. The van der Waals surface area contributed by atoms with Gasteiger partial charge in [-0.2, -0.15) is 0 Å². The summed E-state index contributed by atoms with van der Waals surface area (Å²) in [7, 11) is 0. The molecule has 2 aromatic rings. The zero-order chi connectivity index (χ0) is 29.6. The minimum Gasteiger partial charge on any atom is -0.463 e. The second-order valence-electron chi connectivity index (χ2n) is 11.1. The number of hydrogen-bond donors (Lipinski definition) is 2. The van der Waals surface area contributed by atoms with Crippen LogP contribution in [0.25, 0.3) is 0 Å². The van der Waals surface area contributed by atoms with E-state index in [1.807, 2.05) is 82.3 Å². The molecule has 4 rings (SSSR count). The molecule has 4 amide bonds. The van der Waals surface area contributed by atoms with E-state index in [4.69, 9.17) is 9.47 Å². The highest BCUT2D eigenvalue weighted by Gasteiger charge is 2.39. The van der Waals surface area contributed by atoms with Crippen molar-refractivity contribution in [2.24, 2.45) is 0 Å². The molecule has 1 atom stereocenters. The Morgan fingerprint density at radius 2 is 1.66 bits per heavy atom. The Hall–Kier alpha value is -4.05. The molecule has 2 N–H and O–H groups in total. The maximum Gasteiger partial charge on any atom is 0.338 e. The summed E-state index contributed by atoms with van der Waals surface area (Å²) in [6.45, 7) is 12.8. The number of urea groups is 2. The number of esters is 1. The van der Waals surface area contributed by atoms with Crippen LogP contribution in [-0.4, -0.2) is 84.1 Å². The summed E-state index contributed by atoms with van der Waals surface area (Å²) in [4.78, 5) is 45.1. The minimum atomic E-state index is -0.711. The number of amides is 4. The fourth-order valence-electron chi connectivity index (χ4n) is 5.01. The van der Waals surface area contributed by atoms with Gasteiger partial charge in [0.25, 0.3) is 0 Å². The first-order valence-corrected chi connectivity index (χ1v) is 14.2. The van der Waals surface area contributed by atoms with Gasteiger partial charge in [-0.1, -0.05) is 30.3 Å². The number of rotatable bonds is 8. The first-order chi connectivity index (χ1) is 19.6. The van der Waals surface area contributed by atoms with Crippen molar-refractivity contribution in [3.8, 4) is 11.5 Å². The Bertz CT molecular complexity index is 1270. The van der Waals surface area contributed by atoms with E-state index in [-0.39, 0.29) is 24.2 Å². The lowest BCUT2D eigenvalue weighted by atomic mass is 9.94. The number of ether oxygens (including phenoxy) is 2. The van der Waals surface area contributed by atoms with Crippen LogP contribution in [0.2, 0.25) is 0 Å². The zero-order valence-corrected chi connectivity index (χ0v) is 24.6. The van der Waals surface area contributed by atoms with E-state index in [9.17, 15) is 14.4 Å². The summed E-state index contributed by atoms with van der Waals surface area (Å²) in [5, 5.41) is 6.03. The summed E-state index contributed by atoms with van der Waals surface area (Å²) >= 11 is 0. The van der Waals surface area contributed by atoms with Crippen LogP contribution in [0.4, 0.5) is 9.59 Å². The number of nitrogens with zero attached hydrogens (tertiary/aromatic N) is 3. The van der Waals surface area contributed by atoms with Crippen molar-refractivity contribution in [2.45, 2.75) is 46.2 Å². The van der Waals surface area contributed by atoms with Crippen LogP contribution >= 0.6 is 0 Å². The van der Waals surface area contributed by atoms with E-state index < -0.39 is 12.0 Å². The molecule has 41 heavy (non-hydrogen) atoms. The predicted octanol–water partition coefficient (Wildman–Crippen LogP) is 4.51. The van der Waals surface area contributed by atoms with E-state index in [2.05, 4.69) is 15.5 Å². The molecule has 2 aliphatic heterocycles. The number of para-hydroxylation sites is 1. The van der Waals surface area contributed by atoms with Gasteiger partial charge in [0.1, 0.15) is 11.5 Å². The fraction of sp³-hybridized carbons (Fsp3) is 0.452. The van der Waals surface area contributed by atoms with Gasteiger partial charge in [0.2, 0.25) is 0 Å². The number of nitrogens with one attached hydrogen (secondary N) is 2. The summed E-state index contributed by atoms with van der Waals surface area (Å²) in [5.41, 5.74) is 1.41. The second kappa shape index (κ2) is 13.1. The molecule has 2 heterocycles. The molecule has 10 nitrogen and oxygen atoms in total. The zero-order valence-electron chi connectivity index (χ0n) is 24.6. The van der Waals surface area contributed by atoms with Crippen LogP contribution in [-0.2, 0) is 9.53 Å². The molecule has 1 saturated heterocycles. The first kappa shape index (κ1) is 29.9. The average molecular weight is 564 g/mol. The Morgan fingerprint density at radius 3 is 2.29 bits per heavy atom.